The maximum Gasteiger partial charge on any atom is 0.0674 e. The van der Waals surface area contributed by atoms with Crippen molar-refractivity contribution in [1.29, 1.82) is 0 Å². The lowest BCUT2D eigenvalue weighted by Gasteiger charge is -2.31. The summed E-state index contributed by atoms with van der Waals surface area (Å²) in [5.41, 5.74) is 0. The van der Waals surface area contributed by atoms with Crippen LogP contribution in [0.4, 0.5) is 0 Å². The van der Waals surface area contributed by atoms with Crippen molar-refractivity contribution in [3.63, 3.8) is 0 Å². The first-order chi connectivity index (χ1) is 6.72. The highest BCUT2D eigenvalue weighted by atomic mass is 16.5. The largest absolute Gasteiger partial charge is 0.376 e. The second-order valence-electron chi connectivity index (χ2n) is 4.25. The molecule has 0 bridgehead atoms. The summed E-state index contributed by atoms with van der Waals surface area (Å²) < 4.78 is 5.49. The SMILES string of the molecule is CCC(C)NCCN1CCOC(C)C1. The van der Waals surface area contributed by atoms with Crippen LogP contribution in [0.5, 0.6) is 0 Å². The highest BCUT2D eigenvalue weighted by Gasteiger charge is 2.15. The van der Waals surface area contributed by atoms with Gasteiger partial charge in [0.15, 0.2) is 0 Å². The molecule has 0 spiro atoms. The van der Waals surface area contributed by atoms with Crippen molar-refractivity contribution < 1.29 is 4.74 Å². The molecule has 0 aromatic rings. The van der Waals surface area contributed by atoms with Gasteiger partial charge in [-0.2, -0.15) is 0 Å². The molecule has 1 heterocycles. The standard InChI is InChI=1S/C11H24N2O/c1-4-10(2)12-5-6-13-7-8-14-11(3)9-13/h10-12H,4-9H2,1-3H3. The summed E-state index contributed by atoms with van der Waals surface area (Å²) in [5.74, 6) is 0. The van der Waals surface area contributed by atoms with Gasteiger partial charge in [0.1, 0.15) is 0 Å². The Hall–Kier alpha value is -0.120. The van der Waals surface area contributed by atoms with Gasteiger partial charge < -0.3 is 10.1 Å². The molecule has 0 radical (unpaired) electrons. The van der Waals surface area contributed by atoms with Crippen molar-refractivity contribution in [2.24, 2.45) is 0 Å². The van der Waals surface area contributed by atoms with E-state index in [2.05, 4.69) is 31.0 Å². The Morgan fingerprint density at radius 3 is 3.00 bits per heavy atom. The average Bonchev–Trinajstić information content (AvgIpc) is 2.17. The predicted octanol–water partition coefficient (Wildman–Crippen LogP) is 1.10. The second kappa shape index (κ2) is 6.38. The Bertz CT molecular complexity index is 152. The minimum atomic E-state index is 0.410. The van der Waals surface area contributed by atoms with Gasteiger partial charge in [-0.05, 0) is 20.3 Å². The molecule has 84 valence electrons. The summed E-state index contributed by atoms with van der Waals surface area (Å²) in [4.78, 5) is 2.48. The zero-order valence-electron chi connectivity index (χ0n) is 9.75. The first kappa shape index (κ1) is 12.0. The Morgan fingerprint density at radius 2 is 2.36 bits per heavy atom. The molecule has 0 aliphatic carbocycles. The number of hydrogen-bond donors (Lipinski definition) is 1. The summed E-state index contributed by atoms with van der Waals surface area (Å²) in [6.45, 7) is 11.9. The van der Waals surface area contributed by atoms with E-state index in [1.165, 1.54) is 6.42 Å². The molecule has 3 heteroatoms. The zero-order valence-corrected chi connectivity index (χ0v) is 9.75. The molecular formula is C11H24N2O. The molecule has 1 saturated heterocycles. The van der Waals surface area contributed by atoms with Gasteiger partial charge in [0.2, 0.25) is 0 Å². The molecule has 0 amide bonds. The molecular weight excluding hydrogens is 176 g/mol. The zero-order chi connectivity index (χ0) is 10.4. The lowest BCUT2D eigenvalue weighted by Crippen LogP contribution is -2.44. The highest BCUT2D eigenvalue weighted by Crippen LogP contribution is 2.02. The van der Waals surface area contributed by atoms with Gasteiger partial charge in [-0.15, -0.1) is 0 Å². The first-order valence-electron chi connectivity index (χ1n) is 5.79. The number of nitrogens with one attached hydrogen (secondary N) is 1. The van der Waals surface area contributed by atoms with Crippen molar-refractivity contribution in [2.75, 3.05) is 32.8 Å². The quantitative estimate of drug-likeness (QED) is 0.719. The van der Waals surface area contributed by atoms with Gasteiger partial charge in [-0.1, -0.05) is 6.92 Å². The number of ether oxygens (including phenoxy) is 1. The van der Waals surface area contributed by atoms with Crippen LogP contribution in [0.2, 0.25) is 0 Å². The molecule has 1 rings (SSSR count). The van der Waals surface area contributed by atoms with E-state index >= 15 is 0 Å². The Labute approximate surface area is 87.8 Å². The number of nitrogens with zero attached hydrogens (tertiary/aromatic N) is 1. The van der Waals surface area contributed by atoms with Gasteiger partial charge in [-0.25, -0.2) is 0 Å². The lowest BCUT2D eigenvalue weighted by molar-refractivity contribution is -0.0177. The minimum absolute atomic E-state index is 0.410. The Kier molecular flexibility index (Phi) is 5.45. The van der Waals surface area contributed by atoms with Crippen molar-refractivity contribution in [3.8, 4) is 0 Å². The summed E-state index contributed by atoms with van der Waals surface area (Å²) in [6, 6.07) is 0.647. The van der Waals surface area contributed by atoms with E-state index in [-0.39, 0.29) is 0 Å². The third kappa shape index (κ3) is 4.40. The summed E-state index contributed by atoms with van der Waals surface area (Å²) in [6.07, 6.45) is 1.62. The van der Waals surface area contributed by atoms with Crippen LogP contribution in [0.3, 0.4) is 0 Å². The van der Waals surface area contributed by atoms with E-state index in [9.17, 15) is 0 Å². The molecule has 0 saturated carbocycles. The van der Waals surface area contributed by atoms with Crippen LogP contribution in [0.15, 0.2) is 0 Å². The molecule has 14 heavy (non-hydrogen) atoms. The topological polar surface area (TPSA) is 24.5 Å². The monoisotopic (exact) mass is 200 g/mol. The molecule has 0 aromatic carbocycles. The molecule has 1 aliphatic rings. The maximum absolute atomic E-state index is 5.49. The summed E-state index contributed by atoms with van der Waals surface area (Å²) in [5, 5.41) is 3.51. The van der Waals surface area contributed by atoms with E-state index in [0.29, 0.717) is 12.1 Å². The maximum atomic E-state index is 5.49. The molecule has 2 unspecified atom stereocenters. The van der Waals surface area contributed by atoms with E-state index in [1.54, 1.807) is 0 Å². The van der Waals surface area contributed by atoms with Crippen molar-refractivity contribution >= 4 is 0 Å². The van der Waals surface area contributed by atoms with E-state index in [4.69, 9.17) is 4.74 Å². The van der Waals surface area contributed by atoms with Gasteiger partial charge >= 0.3 is 0 Å². The Morgan fingerprint density at radius 1 is 1.57 bits per heavy atom. The minimum Gasteiger partial charge on any atom is -0.376 e. The third-order valence-electron chi connectivity index (χ3n) is 2.86. The highest BCUT2D eigenvalue weighted by molar-refractivity contribution is 4.69. The fourth-order valence-corrected chi connectivity index (χ4v) is 1.71. The number of rotatable bonds is 5. The van der Waals surface area contributed by atoms with Crippen LogP contribution in [0.25, 0.3) is 0 Å². The molecule has 2 atom stereocenters. The van der Waals surface area contributed by atoms with E-state index in [0.717, 1.165) is 32.8 Å². The predicted molar refractivity (Wildman–Crippen MR) is 59.6 cm³/mol. The Balaban J connectivity index is 2.05. The van der Waals surface area contributed by atoms with E-state index < -0.39 is 0 Å². The van der Waals surface area contributed by atoms with Crippen LogP contribution in [-0.4, -0.2) is 49.8 Å². The average molecular weight is 200 g/mol. The normalized spacial score (nSPS) is 26.4. The summed E-state index contributed by atoms with van der Waals surface area (Å²) >= 11 is 0. The van der Waals surface area contributed by atoms with Crippen molar-refractivity contribution in [3.05, 3.63) is 0 Å². The van der Waals surface area contributed by atoms with Crippen LogP contribution < -0.4 is 5.32 Å². The summed E-state index contributed by atoms with van der Waals surface area (Å²) in [7, 11) is 0. The van der Waals surface area contributed by atoms with Crippen molar-refractivity contribution in [1.82, 2.24) is 10.2 Å². The second-order valence-corrected chi connectivity index (χ2v) is 4.25. The van der Waals surface area contributed by atoms with Crippen LogP contribution in [0.1, 0.15) is 27.2 Å². The number of hydrogen-bond acceptors (Lipinski definition) is 3. The van der Waals surface area contributed by atoms with Gasteiger partial charge in [0.05, 0.1) is 12.7 Å². The third-order valence-corrected chi connectivity index (χ3v) is 2.86. The van der Waals surface area contributed by atoms with Gasteiger partial charge in [-0.3, -0.25) is 4.90 Å². The van der Waals surface area contributed by atoms with Crippen molar-refractivity contribution in [2.45, 2.75) is 39.3 Å². The van der Waals surface area contributed by atoms with Crippen LogP contribution in [0, 0.1) is 0 Å². The smallest absolute Gasteiger partial charge is 0.0674 e. The molecule has 1 N–H and O–H groups in total. The number of morpholine rings is 1. The van der Waals surface area contributed by atoms with Crippen LogP contribution in [-0.2, 0) is 4.74 Å². The molecule has 1 fully saturated rings. The van der Waals surface area contributed by atoms with Gasteiger partial charge in [0, 0.05) is 32.2 Å². The molecule has 3 nitrogen and oxygen atoms in total. The van der Waals surface area contributed by atoms with Gasteiger partial charge in [0.25, 0.3) is 0 Å². The lowest BCUT2D eigenvalue weighted by atomic mass is 10.2. The molecule has 0 aromatic heterocycles. The molecule has 1 aliphatic heterocycles. The van der Waals surface area contributed by atoms with Crippen LogP contribution >= 0.6 is 0 Å². The fraction of sp³-hybridized carbons (Fsp3) is 1.00. The first-order valence-corrected chi connectivity index (χ1v) is 5.79. The van der Waals surface area contributed by atoms with E-state index in [1.807, 2.05) is 0 Å². The fourth-order valence-electron chi connectivity index (χ4n) is 1.71.